The summed E-state index contributed by atoms with van der Waals surface area (Å²) in [6, 6.07) is 1.38. The minimum Gasteiger partial charge on any atom is -0.481 e. The number of nitrogens with zero attached hydrogens (tertiary/aromatic N) is 1. The average molecular weight is 190 g/mol. The molecule has 0 aromatic carbocycles. The fourth-order valence-electron chi connectivity index (χ4n) is 0.933. The predicted molar refractivity (Wildman–Crippen MR) is 45.2 cm³/mol. The summed E-state index contributed by atoms with van der Waals surface area (Å²) in [4.78, 5) is 3.76. The number of aryl methyl sites for hydroxylation is 1. The minimum atomic E-state index is -0.365. The van der Waals surface area contributed by atoms with Crippen molar-refractivity contribution < 1.29 is 9.13 Å². The summed E-state index contributed by atoms with van der Waals surface area (Å²) >= 11 is 5.51. The number of alkyl halides is 1. The lowest BCUT2D eigenvalue weighted by Gasteiger charge is -2.04. The maximum absolute atomic E-state index is 12.6. The van der Waals surface area contributed by atoms with E-state index in [0.717, 1.165) is 6.20 Å². The van der Waals surface area contributed by atoms with Gasteiger partial charge < -0.3 is 4.74 Å². The first-order valence-corrected chi connectivity index (χ1v) is 4.05. The second kappa shape index (κ2) is 4.26. The highest BCUT2D eigenvalue weighted by molar-refractivity contribution is 6.18. The molecule has 12 heavy (non-hydrogen) atoms. The van der Waals surface area contributed by atoms with Crippen LogP contribution in [-0.2, 0) is 6.42 Å². The Hall–Kier alpha value is -0.830. The summed E-state index contributed by atoms with van der Waals surface area (Å²) in [5.74, 6) is 0.509. The van der Waals surface area contributed by atoms with Gasteiger partial charge in [-0.25, -0.2) is 9.37 Å². The number of hydrogen-bond donors (Lipinski definition) is 0. The summed E-state index contributed by atoms with van der Waals surface area (Å²) < 4.78 is 17.6. The van der Waals surface area contributed by atoms with Crippen LogP contribution >= 0.6 is 11.6 Å². The zero-order valence-corrected chi connectivity index (χ0v) is 7.44. The van der Waals surface area contributed by atoms with Crippen LogP contribution < -0.4 is 4.74 Å². The van der Waals surface area contributed by atoms with Crippen LogP contribution in [-0.4, -0.2) is 18.0 Å². The van der Waals surface area contributed by atoms with Crippen LogP contribution in [0.25, 0.3) is 0 Å². The van der Waals surface area contributed by atoms with Gasteiger partial charge in [-0.2, -0.15) is 0 Å². The Morgan fingerprint density at radius 1 is 1.67 bits per heavy atom. The summed E-state index contributed by atoms with van der Waals surface area (Å²) in [6.45, 7) is 0. The zero-order chi connectivity index (χ0) is 8.97. The Kier molecular flexibility index (Phi) is 3.29. The van der Waals surface area contributed by atoms with Gasteiger partial charge >= 0.3 is 0 Å². The Bertz CT molecular complexity index is 267. The van der Waals surface area contributed by atoms with Crippen LogP contribution in [0.15, 0.2) is 12.3 Å². The molecule has 0 N–H and O–H groups in total. The second-order valence-electron chi connectivity index (χ2n) is 2.26. The Morgan fingerprint density at radius 3 is 3.00 bits per heavy atom. The molecule has 1 heterocycles. The van der Waals surface area contributed by atoms with Crippen molar-refractivity contribution >= 4 is 11.6 Å². The third-order valence-corrected chi connectivity index (χ3v) is 1.64. The van der Waals surface area contributed by atoms with E-state index < -0.39 is 0 Å². The van der Waals surface area contributed by atoms with Crippen LogP contribution in [0.2, 0.25) is 0 Å². The third-order valence-electron chi connectivity index (χ3n) is 1.45. The molecule has 66 valence electrons. The molecule has 0 saturated heterocycles. The van der Waals surface area contributed by atoms with Gasteiger partial charge in [0.2, 0.25) is 5.88 Å². The molecular weight excluding hydrogens is 181 g/mol. The van der Waals surface area contributed by atoms with E-state index in [1.807, 2.05) is 0 Å². The number of halogens is 2. The van der Waals surface area contributed by atoms with Crippen molar-refractivity contribution in [1.82, 2.24) is 4.98 Å². The Labute approximate surface area is 75.3 Å². The van der Waals surface area contributed by atoms with E-state index in [9.17, 15) is 4.39 Å². The Balaban J connectivity index is 2.95. The molecule has 1 aromatic rings. The molecule has 2 nitrogen and oxygen atoms in total. The number of ether oxygens (including phenoxy) is 1. The lowest BCUT2D eigenvalue weighted by Crippen LogP contribution is -1.97. The monoisotopic (exact) mass is 189 g/mol. The molecule has 0 amide bonds. The van der Waals surface area contributed by atoms with Crippen molar-refractivity contribution in [1.29, 1.82) is 0 Å². The molecular formula is C8H9ClFNO. The largest absolute Gasteiger partial charge is 0.481 e. The molecule has 0 atom stereocenters. The number of hydrogen-bond acceptors (Lipinski definition) is 2. The SMILES string of the molecule is COc1ncc(F)cc1CCCl. The van der Waals surface area contributed by atoms with Gasteiger partial charge in [-0.1, -0.05) is 0 Å². The number of methoxy groups -OCH3 is 1. The highest BCUT2D eigenvalue weighted by Gasteiger charge is 2.04. The van der Waals surface area contributed by atoms with Crippen LogP contribution in [0.3, 0.4) is 0 Å². The van der Waals surface area contributed by atoms with Crippen molar-refractivity contribution in [2.75, 3.05) is 13.0 Å². The van der Waals surface area contributed by atoms with E-state index in [1.165, 1.54) is 13.2 Å². The lowest BCUT2D eigenvalue weighted by atomic mass is 10.2. The van der Waals surface area contributed by atoms with Crippen molar-refractivity contribution in [3.63, 3.8) is 0 Å². The molecule has 0 fully saturated rings. The molecule has 0 bridgehead atoms. The molecule has 0 radical (unpaired) electrons. The number of aromatic nitrogens is 1. The van der Waals surface area contributed by atoms with E-state index in [2.05, 4.69) is 4.98 Å². The molecule has 1 aromatic heterocycles. The normalized spacial score (nSPS) is 9.92. The van der Waals surface area contributed by atoms with Gasteiger partial charge in [-0.05, 0) is 12.5 Å². The van der Waals surface area contributed by atoms with E-state index in [4.69, 9.17) is 16.3 Å². The number of rotatable bonds is 3. The van der Waals surface area contributed by atoms with E-state index in [1.54, 1.807) is 0 Å². The average Bonchev–Trinajstić information content (AvgIpc) is 2.05. The fourth-order valence-corrected chi connectivity index (χ4v) is 1.14. The van der Waals surface area contributed by atoms with Crippen LogP contribution in [0.1, 0.15) is 5.56 Å². The van der Waals surface area contributed by atoms with Crippen molar-refractivity contribution in [2.45, 2.75) is 6.42 Å². The number of pyridine rings is 1. The van der Waals surface area contributed by atoms with Gasteiger partial charge in [-0.3, -0.25) is 0 Å². The topological polar surface area (TPSA) is 22.1 Å². The lowest BCUT2D eigenvalue weighted by molar-refractivity contribution is 0.390. The smallest absolute Gasteiger partial charge is 0.216 e. The quantitative estimate of drug-likeness (QED) is 0.679. The summed E-state index contributed by atoms with van der Waals surface area (Å²) in [5.41, 5.74) is 0.701. The molecule has 4 heteroatoms. The van der Waals surface area contributed by atoms with Crippen LogP contribution in [0, 0.1) is 5.82 Å². The van der Waals surface area contributed by atoms with Gasteiger partial charge in [0.05, 0.1) is 13.3 Å². The van der Waals surface area contributed by atoms with Crippen molar-refractivity contribution in [2.24, 2.45) is 0 Å². The molecule has 1 rings (SSSR count). The van der Waals surface area contributed by atoms with E-state index >= 15 is 0 Å². The fraction of sp³-hybridized carbons (Fsp3) is 0.375. The minimum absolute atomic E-state index is 0.365. The predicted octanol–water partition coefficient (Wildman–Crippen LogP) is 2.01. The Morgan fingerprint density at radius 2 is 2.42 bits per heavy atom. The first-order valence-electron chi connectivity index (χ1n) is 3.52. The van der Waals surface area contributed by atoms with Crippen LogP contribution in [0.4, 0.5) is 4.39 Å². The summed E-state index contributed by atoms with van der Waals surface area (Å²) in [5, 5.41) is 0. The molecule has 0 aliphatic heterocycles. The molecule has 0 aliphatic carbocycles. The van der Waals surface area contributed by atoms with E-state index in [-0.39, 0.29) is 5.82 Å². The molecule has 0 unspecified atom stereocenters. The van der Waals surface area contributed by atoms with E-state index in [0.29, 0.717) is 23.7 Å². The van der Waals surface area contributed by atoms with Gasteiger partial charge in [0.15, 0.2) is 0 Å². The van der Waals surface area contributed by atoms with Gasteiger partial charge in [0.1, 0.15) is 5.82 Å². The second-order valence-corrected chi connectivity index (χ2v) is 2.64. The van der Waals surface area contributed by atoms with Gasteiger partial charge in [0, 0.05) is 11.4 Å². The zero-order valence-electron chi connectivity index (χ0n) is 6.68. The highest BCUT2D eigenvalue weighted by Crippen LogP contribution is 2.16. The van der Waals surface area contributed by atoms with Gasteiger partial charge in [0.25, 0.3) is 0 Å². The van der Waals surface area contributed by atoms with Gasteiger partial charge in [-0.15, -0.1) is 11.6 Å². The molecule has 0 spiro atoms. The first kappa shape index (κ1) is 9.26. The third kappa shape index (κ3) is 2.08. The standard InChI is InChI=1S/C8H9ClFNO/c1-12-8-6(2-3-9)4-7(10)5-11-8/h4-5H,2-3H2,1H3. The maximum Gasteiger partial charge on any atom is 0.216 e. The molecule has 0 saturated carbocycles. The van der Waals surface area contributed by atoms with Crippen molar-refractivity contribution in [3.05, 3.63) is 23.6 Å². The highest BCUT2D eigenvalue weighted by atomic mass is 35.5. The summed E-state index contributed by atoms with van der Waals surface area (Å²) in [6.07, 6.45) is 1.69. The molecule has 0 aliphatic rings. The van der Waals surface area contributed by atoms with Crippen LogP contribution in [0.5, 0.6) is 5.88 Å². The maximum atomic E-state index is 12.6. The van der Waals surface area contributed by atoms with Crippen molar-refractivity contribution in [3.8, 4) is 5.88 Å². The first-order chi connectivity index (χ1) is 5.77. The summed E-state index contributed by atoms with van der Waals surface area (Å²) in [7, 11) is 1.50.